The van der Waals surface area contributed by atoms with E-state index >= 15 is 0 Å². The van der Waals surface area contributed by atoms with Gasteiger partial charge in [-0.1, -0.05) is 41.9 Å². The Bertz CT molecular complexity index is 626. The zero-order valence-electron chi connectivity index (χ0n) is 13.3. The van der Waals surface area contributed by atoms with Gasteiger partial charge in [-0.15, -0.1) is 10.2 Å². The first-order valence-corrected chi connectivity index (χ1v) is 8.44. The van der Waals surface area contributed by atoms with Crippen LogP contribution in [0.25, 0.3) is 0 Å². The topological polar surface area (TPSA) is 66.9 Å². The lowest BCUT2D eigenvalue weighted by Gasteiger charge is -2.08. The van der Waals surface area contributed by atoms with Crippen LogP contribution in [0.1, 0.15) is 25.8 Å². The van der Waals surface area contributed by atoms with Gasteiger partial charge in [0.1, 0.15) is 5.82 Å². The van der Waals surface area contributed by atoms with E-state index in [1.54, 1.807) is 6.07 Å². The van der Waals surface area contributed by atoms with Gasteiger partial charge in [-0.2, -0.15) is 0 Å². The highest BCUT2D eigenvalue weighted by Gasteiger charge is 2.06. The summed E-state index contributed by atoms with van der Waals surface area (Å²) in [7, 11) is 0. The number of hydrogen-bond donors (Lipinski definition) is 2. The summed E-state index contributed by atoms with van der Waals surface area (Å²) < 4.78 is 0.994. The Hall–Kier alpha value is -1.95. The number of halogens is 1. The van der Waals surface area contributed by atoms with Gasteiger partial charge in [-0.05, 0) is 42.2 Å². The lowest BCUT2D eigenvalue weighted by atomic mass is 10.1. The minimum atomic E-state index is -0.109. The molecule has 5 nitrogen and oxygen atoms in total. The molecule has 0 spiro atoms. The third-order valence-electron chi connectivity index (χ3n) is 3.24. The Labute approximate surface area is 145 Å². The fourth-order valence-electron chi connectivity index (χ4n) is 1.96. The maximum Gasteiger partial charge on any atom is 0.229 e. The molecule has 122 valence electrons. The maximum atomic E-state index is 12.0. The molecule has 1 heterocycles. The second kappa shape index (κ2) is 8.62. The van der Waals surface area contributed by atoms with Crippen LogP contribution in [0.5, 0.6) is 0 Å². The van der Waals surface area contributed by atoms with Crippen molar-refractivity contribution in [3.63, 3.8) is 0 Å². The van der Waals surface area contributed by atoms with Crippen molar-refractivity contribution in [2.75, 3.05) is 17.2 Å². The molecule has 0 radical (unpaired) electrons. The van der Waals surface area contributed by atoms with Gasteiger partial charge in [0.2, 0.25) is 5.91 Å². The van der Waals surface area contributed by atoms with Gasteiger partial charge in [0, 0.05) is 11.0 Å². The fraction of sp³-hybridized carbons (Fsp3) is 0.353. The van der Waals surface area contributed by atoms with Crippen LogP contribution in [0.4, 0.5) is 11.6 Å². The first-order valence-electron chi connectivity index (χ1n) is 7.65. The molecule has 0 unspecified atom stereocenters. The molecule has 0 aliphatic carbocycles. The van der Waals surface area contributed by atoms with Crippen molar-refractivity contribution in [2.24, 2.45) is 5.92 Å². The van der Waals surface area contributed by atoms with Crippen molar-refractivity contribution in [3.8, 4) is 0 Å². The van der Waals surface area contributed by atoms with E-state index in [0.717, 1.165) is 28.8 Å². The number of carbonyl (C=O) groups excluding carboxylic acids is 1. The van der Waals surface area contributed by atoms with Gasteiger partial charge >= 0.3 is 0 Å². The van der Waals surface area contributed by atoms with Crippen LogP contribution in [-0.4, -0.2) is 22.6 Å². The van der Waals surface area contributed by atoms with E-state index in [1.807, 2.05) is 30.3 Å². The molecule has 0 atom stereocenters. The number of aromatic nitrogens is 2. The molecule has 2 rings (SSSR count). The molecule has 1 amide bonds. The molecule has 1 aromatic carbocycles. The minimum absolute atomic E-state index is 0.109. The standard InChI is InChI=1S/C17H21BrN4O/c1-12(2)9-10-19-15-7-8-16(22-21-15)20-17(23)11-13-3-5-14(18)6-4-13/h3-8,12H,9-11H2,1-2H3,(H,19,21)(H,20,22,23). The van der Waals surface area contributed by atoms with Gasteiger partial charge in [-0.25, -0.2) is 0 Å². The van der Waals surface area contributed by atoms with Crippen molar-refractivity contribution in [1.82, 2.24) is 10.2 Å². The average molecular weight is 377 g/mol. The number of nitrogens with zero attached hydrogens (tertiary/aromatic N) is 2. The molecule has 0 saturated heterocycles. The third kappa shape index (κ3) is 6.36. The Balaban J connectivity index is 1.82. The fourth-order valence-corrected chi connectivity index (χ4v) is 2.22. The molecular weight excluding hydrogens is 356 g/mol. The van der Waals surface area contributed by atoms with Crippen molar-refractivity contribution < 1.29 is 4.79 Å². The van der Waals surface area contributed by atoms with E-state index < -0.39 is 0 Å². The predicted molar refractivity (Wildman–Crippen MR) is 96.5 cm³/mol. The van der Waals surface area contributed by atoms with E-state index in [1.165, 1.54) is 0 Å². The largest absolute Gasteiger partial charge is 0.369 e. The number of carbonyl (C=O) groups is 1. The van der Waals surface area contributed by atoms with Crippen molar-refractivity contribution in [1.29, 1.82) is 0 Å². The second-order valence-corrected chi connectivity index (χ2v) is 6.68. The highest BCUT2D eigenvalue weighted by Crippen LogP contribution is 2.12. The van der Waals surface area contributed by atoms with Crippen LogP contribution in [0.15, 0.2) is 40.9 Å². The summed E-state index contributed by atoms with van der Waals surface area (Å²) in [6.07, 6.45) is 1.39. The van der Waals surface area contributed by atoms with Crippen molar-refractivity contribution >= 4 is 33.5 Å². The number of rotatable bonds is 7. The van der Waals surface area contributed by atoms with E-state index in [0.29, 0.717) is 18.2 Å². The van der Waals surface area contributed by atoms with Crippen LogP contribution in [0.2, 0.25) is 0 Å². The minimum Gasteiger partial charge on any atom is -0.369 e. The summed E-state index contributed by atoms with van der Waals surface area (Å²) >= 11 is 3.37. The molecule has 0 aliphatic rings. The van der Waals surface area contributed by atoms with Crippen LogP contribution < -0.4 is 10.6 Å². The molecule has 6 heteroatoms. The number of nitrogens with one attached hydrogen (secondary N) is 2. The highest BCUT2D eigenvalue weighted by molar-refractivity contribution is 9.10. The van der Waals surface area contributed by atoms with E-state index in [2.05, 4.69) is 50.6 Å². The van der Waals surface area contributed by atoms with Crippen molar-refractivity contribution in [2.45, 2.75) is 26.7 Å². The molecule has 1 aromatic heterocycles. The van der Waals surface area contributed by atoms with Gasteiger partial charge in [0.15, 0.2) is 5.82 Å². The number of hydrogen-bond acceptors (Lipinski definition) is 4. The third-order valence-corrected chi connectivity index (χ3v) is 3.77. The van der Waals surface area contributed by atoms with E-state index in [9.17, 15) is 4.79 Å². The highest BCUT2D eigenvalue weighted by atomic mass is 79.9. The number of amides is 1. The molecular formula is C17H21BrN4O. The van der Waals surface area contributed by atoms with Crippen LogP contribution in [0.3, 0.4) is 0 Å². The smallest absolute Gasteiger partial charge is 0.229 e. The van der Waals surface area contributed by atoms with Gasteiger partial charge in [0.25, 0.3) is 0 Å². The predicted octanol–water partition coefficient (Wildman–Crippen LogP) is 3.88. The molecule has 2 aromatic rings. The summed E-state index contributed by atoms with van der Waals surface area (Å²) in [5.41, 5.74) is 0.950. The quantitative estimate of drug-likeness (QED) is 0.769. The Morgan fingerprint density at radius 1 is 1.09 bits per heavy atom. The Kier molecular flexibility index (Phi) is 6.52. The summed E-state index contributed by atoms with van der Waals surface area (Å²) in [6, 6.07) is 11.2. The van der Waals surface area contributed by atoms with Crippen LogP contribution >= 0.6 is 15.9 Å². The molecule has 0 saturated carbocycles. The normalized spacial score (nSPS) is 10.6. The van der Waals surface area contributed by atoms with E-state index in [-0.39, 0.29) is 5.91 Å². The van der Waals surface area contributed by atoms with Gasteiger partial charge < -0.3 is 10.6 Å². The lowest BCUT2D eigenvalue weighted by molar-refractivity contribution is -0.115. The molecule has 0 aliphatic heterocycles. The Morgan fingerprint density at radius 3 is 2.35 bits per heavy atom. The van der Waals surface area contributed by atoms with Gasteiger partial charge in [0.05, 0.1) is 6.42 Å². The van der Waals surface area contributed by atoms with Gasteiger partial charge in [-0.3, -0.25) is 4.79 Å². The van der Waals surface area contributed by atoms with Crippen LogP contribution in [0, 0.1) is 5.92 Å². The lowest BCUT2D eigenvalue weighted by Crippen LogP contribution is -2.16. The zero-order valence-corrected chi connectivity index (χ0v) is 14.9. The first kappa shape index (κ1) is 17.4. The maximum absolute atomic E-state index is 12.0. The number of benzene rings is 1. The number of anilines is 2. The average Bonchev–Trinajstić information content (AvgIpc) is 2.51. The summed E-state index contributed by atoms with van der Waals surface area (Å²) in [5.74, 6) is 1.72. The van der Waals surface area contributed by atoms with Crippen molar-refractivity contribution in [3.05, 3.63) is 46.4 Å². The van der Waals surface area contributed by atoms with Crippen LogP contribution in [-0.2, 0) is 11.2 Å². The summed E-state index contributed by atoms with van der Waals surface area (Å²) in [5, 5.41) is 14.1. The molecule has 2 N–H and O–H groups in total. The molecule has 23 heavy (non-hydrogen) atoms. The first-order chi connectivity index (χ1) is 11.0. The Morgan fingerprint density at radius 2 is 1.74 bits per heavy atom. The van der Waals surface area contributed by atoms with E-state index in [4.69, 9.17) is 0 Å². The molecule has 0 fully saturated rings. The molecule has 0 bridgehead atoms. The summed E-state index contributed by atoms with van der Waals surface area (Å²) in [6.45, 7) is 5.22. The SMILES string of the molecule is CC(C)CCNc1ccc(NC(=O)Cc2ccc(Br)cc2)nn1. The second-order valence-electron chi connectivity index (χ2n) is 5.76. The monoisotopic (exact) mass is 376 g/mol. The summed E-state index contributed by atoms with van der Waals surface area (Å²) in [4.78, 5) is 12.0. The zero-order chi connectivity index (χ0) is 16.7.